The molecule has 9 nitrogen and oxygen atoms in total. The van der Waals surface area contributed by atoms with Crippen molar-refractivity contribution >= 4 is 17.3 Å². The molecule has 0 saturated heterocycles. The molecular weight excluding hydrogens is 466 g/mol. The third-order valence-electron chi connectivity index (χ3n) is 8.04. The molecule has 4 rings (SSSR count). The summed E-state index contributed by atoms with van der Waals surface area (Å²) in [6, 6.07) is 2.23. The van der Waals surface area contributed by atoms with Crippen molar-refractivity contribution in [2.24, 2.45) is 11.8 Å². The van der Waals surface area contributed by atoms with Gasteiger partial charge in [0, 0.05) is 17.1 Å². The van der Waals surface area contributed by atoms with E-state index in [-0.39, 0.29) is 16.9 Å². The van der Waals surface area contributed by atoms with Crippen molar-refractivity contribution in [1.29, 1.82) is 0 Å². The summed E-state index contributed by atoms with van der Waals surface area (Å²) in [7, 11) is 3.07. The van der Waals surface area contributed by atoms with Gasteiger partial charge in [-0.15, -0.1) is 0 Å². The minimum atomic E-state index is -2.84. The van der Waals surface area contributed by atoms with Gasteiger partial charge in [-0.05, 0) is 37.9 Å². The quantitative estimate of drug-likeness (QED) is 0.384. The lowest BCUT2D eigenvalue weighted by molar-refractivity contribution is -0.162. The second kappa shape index (κ2) is 7.99. The highest BCUT2D eigenvalue weighted by molar-refractivity contribution is 6.25. The first-order chi connectivity index (χ1) is 16.5. The van der Waals surface area contributed by atoms with Gasteiger partial charge >= 0.3 is 0 Å². The SMILES string of the molecule is CC(=O)C1=C(O)[C@@H](N(C)C)[C@@H]2[C@@H](O)[C@H]3C(=C(O)[C@]2(O)C1=O)C(=O)c1c(ccc(C(C)(C)C)c1O)[C@@H]3C. The van der Waals surface area contributed by atoms with Crippen LogP contribution in [0.5, 0.6) is 5.75 Å². The molecule has 3 aliphatic carbocycles. The molecule has 0 bridgehead atoms. The van der Waals surface area contributed by atoms with Crippen LogP contribution in [0.15, 0.2) is 34.8 Å². The van der Waals surface area contributed by atoms with Crippen molar-refractivity contribution < 1.29 is 39.9 Å². The van der Waals surface area contributed by atoms with Gasteiger partial charge in [-0.1, -0.05) is 39.8 Å². The zero-order valence-electron chi connectivity index (χ0n) is 21.4. The molecule has 9 heteroatoms. The maximum Gasteiger partial charge on any atom is 0.209 e. The first-order valence-electron chi connectivity index (χ1n) is 11.9. The van der Waals surface area contributed by atoms with E-state index in [1.54, 1.807) is 19.1 Å². The Labute approximate surface area is 209 Å². The minimum absolute atomic E-state index is 0.0560. The Hall–Kier alpha value is -3.01. The van der Waals surface area contributed by atoms with Gasteiger partial charge in [-0.3, -0.25) is 19.3 Å². The number of hydrogen-bond donors (Lipinski definition) is 5. The largest absolute Gasteiger partial charge is 0.510 e. The van der Waals surface area contributed by atoms with Crippen LogP contribution in [0.25, 0.3) is 0 Å². The van der Waals surface area contributed by atoms with Crippen molar-refractivity contribution in [3.63, 3.8) is 0 Å². The number of aliphatic hydroxyl groups excluding tert-OH is 3. The molecule has 0 heterocycles. The maximum atomic E-state index is 13.8. The van der Waals surface area contributed by atoms with Crippen molar-refractivity contribution in [3.05, 3.63) is 51.5 Å². The number of phenolic OH excluding ortho intramolecular Hbond substituents is 1. The zero-order valence-corrected chi connectivity index (χ0v) is 21.4. The fourth-order valence-corrected chi connectivity index (χ4v) is 6.33. The van der Waals surface area contributed by atoms with Crippen LogP contribution in [0.1, 0.15) is 62.0 Å². The predicted molar refractivity (Wildman–Crippen MR) is 130 cm³/mol. The first-order valence-corrected chi connectivity index (χ1v) is 11.9. The summed E-state index contributed by atoms with van der Waals surface area (Å²) < 4.78 is 0. The highest BCUT2D eigenvalue weighted by Gasteiger charge is 2.67. The standard InChI is InChI=1S/C27H33NO8/c1-10-12-8-9-13(26(3,4)5)20(30)16(12)21(31)17-14(10)22(32)18-19(28(6)7)23(33)15(11(2)29)24(34)27(18,36)25(17)35/h8-10,14,18-19,22,30,32-33,35-36H,1-7H3/t10-,14+,18+,19-,22-,27+/m0/s1. The number of likely N-dealkylation sites (N-methyl/N-ethyl adjacent to an activating group) is 1. The summed E-state index contributed by atoms with van der Waals surface area (Å²) in [4.78, 5) is 41.0. The van der Waals surface area contributed by atoms with Crippen LogP contribution in [-0.4, -0.2) is 79.6 Å². The van der Waals surface area contributed by atoms with Gasteiger partial charge in [0.1, 0.15) is 22.8 Å². The Bertz CT molecular complexity index is 1270. The second-order valence-corrected chi connectivity index (χ2v) is 11.4. The van der Waals surface area contributed by atoms with Gasteiger partial charge in [0.25, 0.3) is 0 Å². The molecule has 0 aliphatic heterocycles. The molecule has 0 fully saturated rings. The molecule has 194 valence electrons. The second-order valence-electron chi connectivity index (χ2n) is 11.4. The zero-order chi connectivity index (χ0) is 27.2. The lowest BCUT2D eigenvalue weighted by Crippen LogP contribution is -2.68. The predicted octanol–water partition coefficient (Wildman–Crippen LogP) is 2.05. The monoisotopic (exact) mass is 499 g/mol. The molecule has 0 amide bonds. The number of rotatable bonds is 2. The lowest BCUT2D eigenvalue weighted by Gasteiger charge is -2.53. The molecule has 0 spiro atoms. The van der Waals surface area contributed by atoms with Gasteiger partial charge < -0.3 is 25.5 Å². The molecule has 5 N–H and O–H groups in total. The van der Waals surface area contributed by atoms with E-state index < -0.39 is 75.4 Å². The van der Waals surface area contributed by atoms with Crippen molar-refractivity contribution in [2.75, 3.05) is 14.1 Å². The number of hydrogen-bond acceptors (Lipinski definition) is 9. The maximum absolute atomic E-state index is 13.8. The third-order valence-corrected chi connectivity index (χ3v) is 8.04. The number of fused-ring (bicyclic) bond motifs is 3. The smallest absolute Gasteiger partial charge is 0.209 e. The molecule has 36 heavy (non-hydrogen) atoms. The molecule has 6 atom stereocenters. The Kier molecular flexibility index (Phi) is 5.79. The Balaban J connectivity index is 2.05. The van der Waals surface area contributed by atoms with E-state index >= 15 is 0 Å². The average Bonchev–Trinajstić information content (AvgIpc) is 2.75. The molecule has 0 aromatic heterocycles. The third kappa shape index (κ3) is 3.16. The van der Waals surface area contributed by atoms with Crippen LogP contribution in [0.3, 0.4) is 0 Å². The summed E-state index contributed by atoms with van der Waals surface area (Å²) in [5.41, 5.74) is -3.51. The van der Waals surface area contributed by atoms with Gasteiger partial charge in [0.2, 0.25) is 5.78 Å². The number of carbonyl (C=O) groups excluding carboxylic acids is 3. The first kappa shape index (κ1) is 26.1. The normalized spacial score (nSPS) is 32.4. The van der Waals surface area contributed by atoms with Crippen molar-refractivity contribution in [2.45, 2.75) is 63.7 Å². The van der Waals surface area contributed by atoms with Crippen molar-refractivity contribution in [1.82, 2.24) is 4.90 Å². The number of Topliss-reactive ketones (excluding diaryl/α,β-unsaturated/α-hetero) is 3. The van der Waals surface area contributed by atoms with Gasteiger partial charge in [-0.25, -0.2) is 0 Å². The Morgan fingerprint density at radius 3 is 2.17 bits per heavy atom. The van der Waals surface area contributed by atoms with Crippen LogP contribution < -0.4 is 0 Å². The van der Waals surface area contributed by atoms with E-state index in [1.807, 2.05) is 20.8 Å². The Morgan fingerprint density at radius 1 is 1.08 bits per heavy atom. The van der Waals surface area contributed by atoms with Crippen LogP contribution in [0.4, 0.5) is 0 Å². The van der Waals surface area contributed by atoms with Crippen LogP contribution in [-0.2, 0) is 15.0 Å². The topological polar surface area (TPSA) is 156 Å². The minimum Gasteiger partial charge on any atom is -0.510 e. The summed E-state index contributed by atoms with van der Waals surface area (Å²) in [6.07, 6.45) is -1.57. The highest BCUT2D eigenvalue weighted by Crippen LogP contribution is 2.56. The number of aromatic hydroxyl groups is 1. The number of nitrogens with zero attached hydrogens (tertiary/aromatic N) is 1. The molecule has 1 aromatic rings. The van der Waals surface area contributed by atoms with Gasteiger partial charge in [-0.2, -0.15) is 0 Å². The van der Waals surface area contributed by atoms with E-state index in [1.165, 1.54) is 19.0 Å². The number of benzene rings is 1. The van der Waals surface area contributed by atoms with E-state index in [0.29, 0.717) is 11.1 Å². The lowest BCUT2D eigenvalue weighted by atomic mass is 9.55. The summed E-state index contributed by atoms with van der Waals surface area (Å²) >= 11 is 0. The molecule has 0 unspecified atom stereocenters. The van der Waals surface area contributed by atoms with Crippen molar-refractivity contribution in [3.8, 4) is 5.75 Å². The molecular formula is C27H33NO8. The van der Waals surface area contributed by atoms with E-state index in [9.17, 15) is 39.9 Å². The molecule has 0 radical (unpaired) electrons. The van der Waals surface area contributed by atoms with Gasteiger partial charge in [0.15, 0.2) is 17.2 Å². The molecule has 0 saturated carbocycles. The molecule has 1 aromatic carbocycles. The fraction of sp³-hybridized carbons (Fsp3) is 0.519. The summed E-state index contributed by atoms with van der Waals surface area (Å²) in [5.74, 6) is -7.87. The van der Waals surface area contributed by atoms with Gasteiger partial charge in [0.05, 0.1) is 23.6 Å². The van der Waals surface area contributed by atoms with Crippen LogP contribution >= 0.6 is 0 Å². The van der Waals surface area contributed by atoms with E-state index in [4.69, 9.17) is 0 Å². The van der Waals surface area contributed by atoms with Crippen LogP contribution in [0, 0.1) is 11.8 Å². The molecule has 3 aliphatic rings. The Morgan fingerprint density at radius 2 is 1.67 bits per heavy atom. The number of aliphatic hydroxyl groups is 4. The summed E-state index contributed by atoms with van der Waals surface area (Å²) in [6.45, 7) is 8.37. The number of carbonyl (C=O) groups is 3. The van der Waals surface area contributed by atoms with Crippen LogP contribution in [0.2, 0.25) is 0 Å². The number of ketones is 3. The highest BCUT2D eigenvalue weighted by atomic mass is 16.4. The fourth-order valence-electron chi connectivity index (χ4n) is 6.33. The summed E-state index contributed by atoms with van der Waals surface area (Å²) in [5, 5.41) is 56.8. The average molecular weight is 500 g/mol. The van der Waals surface area contributed by atoms with E-state index in [2.05, 4.69) is 0 Å². The number of phenols is 1. The van der Waals surface area contributed by atoms with E-state index in [0.717, 1.165) is 6.92 Å².